The Morgan fingerprint density at radius 1 is 1.04 bits per heavy atom. The number of carbonyl (C=O) groups excluding carboxylic acids is 1. The molecule has 1 aromatic heterocycles. The summed E-state index contributed by atoms with van der Waals surface area (Å²) in [6, 6.07) is 13.6. The lowest BCUT2D eigenvalue weighted by Crippen LogP contribution is -2.39. The Labute approximate surface area is 134 Å². The van der Waals surface area contributed by atoms with Crippen LogP contribution in [0.4, 0.5) is 5.69 Å². The van der Waals surface area contributed by atoms with Crippen molar-refractivity contribution >= 4 is 22.5 Å². The minimum atomic E-state index is -1.64. The van der Waals surface area contributed by atoms with Gasteiger partial charge in [0, 0.05) is 42.3 Å². The molecule has 0 saturated heterocycles. The number of hydrogen-bond donors (Lipinski definition) is 1. The number of rotatable bonds is 1. The minimum Gasteiger partial charge on any atom is -0.372 e. The molecule has 0 spiro atoms. The molecular weight excluding hydrogens is 288 g/mol. The van der Waals surface area contributed by atoms with Crippen molar-refractivity contribution in [1.29, 1.82) is 0 Å². The first-order chi connectivity index (χ1) is 10.9. The lowest BCUT2D eigenvalue weighted by Gasteiger charge is -2.21. The molecule has 3 aromatic rings. The van der Waals surface area contributed by atoms with Gasteiger partial charge in [0.1, 0.15) is 0 Å². The zero-order valence-electron chi connectivity index (χ0n) is 13.4. The Kier molecular flexibility index (Phi) is 2.72. The Morgan fingerprint density at radius 2 is 1.78 bits per heavy atom. The molecule has 1 N–H and O–H groups in total. The SMILES string of the molecule is Cc1ccc2c(c1)[C@@](O)(c1cn(C)c3ccccc13)C(=O)N2C. The predicted molar refractivity (Wildman–Crippen MR) is 90.5 cm³/mol. The van der Waals surface area contributed by atoms with Gasteiger partial charge >= 0.3 is 0 Å². The number of nitrogens with zero attached hydrogens (tertiary/aromatic N) is 2. The highest BCUT2D eigenvalue weighted by atomic mass is 16.3. The van der Waals surface area contributed by atoms with Crippen molar-refractivity contribution in [2.75, 3.05) is 11.9 Å². The number of aromatic nitrogens is 1. The van der Waals surface area contributed by atoms with E-state index >= 15 is 0 Å². The number of aryl methyl sites for hydroxylation is 2. The van der Waals surface area contributed by atoms with Crippen LogP contribution >= 0.6 is 0 Å². The van der Waals surface area contributed by atoms with E-state index in [1.807, 2.05) is 67.2 Å². The van der Waals surface area contributed by atoms with E-state index in [1.165, 1.54) is 4.90 Å². The Bertz CT molecular complexity index is 957. The summed E-state index contributed by atoms with van der Waals surface area (Å²) >= 11 is 0. The third-order valence-corrected chi connectivity index (χ3v) is 4.80. The minimum absolute atomic E-state index is 0.311. The smallest absolute Gasteiger partial charge is 0.268 e. The maximum absolute atomic E-state index is 12.9. The summed E-state index contributed by atoms with van der Waals surface area (Å²) in [4.78, 5) is 14.5. The third-order valence-electron chi connectivity index (χ3n) is 4.80. The molecule has 2 heterocycles. The van der Waals surface area contributed by atoms with Crippen LogP contribution in [-0.2, 0) is 17.4 Å². The molecule has 23 heavy (non-hydrogen) atoms. The predicted octanol–water partition coefficient (Wildman–Crippen LogP) is 2.70. The number of amides is 1. The van der Waals surface area contributed by atoms with Crippen LogP contribution in [0.2, 0.25) is 0 Å². The molecule has 0 fully saturated rings. The van der Waals surface area contributed by atoms with Gasteiger partial charge in [-0.3, -0.25) is 4.79 Å². The number of carbonyl (C=O) groups is 1. The van der Waals surface area contributed by atoms with Gasteiger partial charge in [-0.2, -0.15) is 0 Å². The summed E-state index contributed by atoms with van der Waals surface area (Å²) in [7, 11) is 3.63. The van der Waals surface area contributed by atoms with E-state index in [2.05, 4.69) is 0 Å². The van der Waals surface area contributed by atoms with Crippen LogP contribution in [0.3, 0.4) is 0 Å². The summed E-state index contributed by atoms with van der Waals surface area (Å²) in [6.07, 6.45) is 1.86. The molecule has 0 aliphatic carbocycles. The molecule has 1 aliphatic rings. The van der Waals surface area contributed by atoms with Crippen LogP contribution in [0.15, 0.2) is 48.7 Å². The number of fused-ring (bicyclic) bond motifs is 2. The first-order valence-corrected chi connectivity index (χ1v) is 7.61. The van der Waals surface area contributed by atoms with Gasteiger partial charge in [0.25, 0.3) is 5.91 Å². The van der Waals surface area contributed by atoms with E-state index in [1.54, 1.807) is 7.05 Å². The Hall–Kier alpha value is -2.59. The van der Waals surface area contributed by atoms with Crippen molar-refractivity contribution in [3.05, 3.63) is 65.4 Å². The fourth-order valence-electron chi connectivity index (χ4n) is 3.59. The largest absolute Gasteiger partial charge is 0.372 e. The van der Waals surface area contributed by atoms with E-state index in [9.17, 15) is 9.90 Å². The molecule has 1 aliphatic heterocycles. The van der Waals surface area contributed by atoms with E-state index in [0.717, 1.165) is 22.2 Å². The van der Waals surface area contributed by atoms with Gasteiger partial charge in [0.15, 0.2) is 5.60 Å². The fraction of sp³-hybridized carbons (Fsp3) is 0.211. The second-order valence-electron chi connectivity index (χ2n) is 6.27. The van der Waals surface area contributed by atoms with Crippen LogP contribution in [-0.4, -0.2) is 22.6 Å². The summed E-state index contributed by atoms with van der Waals surface area (Å²) < 4.78 is 1.95. The number of benzene rings is 2. The molecule has 0 radical (unpaired) electrons. The zero-order valence-corrected chi connectivity index (χ0v) is 13.4. The number of hydrogen-bond acceptors (Lipinski definition) is 2. The molecule has 116 valence electrons. The van der Waals surface area contributed by atoms with Crippen LogP contribution in [0.1, 0.15) is 16.7 Å². The second-order valence-corrected chi connectivity index (χ2v) is 6.27. The van der Waals surface area contributed by atoms with Crippen molar-refractivity contribution in [2.24, 2.45) is 7.05 Å². The average Bonchev–Trinajstić information content (AvgIpc) is 2.98. The standard InChI is InChI=1S/C19H18N2O2/c1-12-8-9-17-14(10-12)19(23,18(22)21(17)3)15-11-20(2)16-7-5-4-6-13(15)16/h4-11,23H,1-3H3/t19-/m1/s1. The number of para-hydroxylation sites is 1. The van der Waals surface area contributed by atoms with Crippen LogP contribution in [0.25, 0.3) is 10.9 Å². The van der Waals surface area contributed by atoms with Gasteiger partial charge in [-0.25, -0.2) is 0 Å². The Balaban J connectivity index is 2.08. The number of anilines is 1. The summed E-state index contributed by atoms with van der Waals surface area (Å²) in [5.41, 5.74) is 2.42. The molecule has 4 rings (SSSR count). The molecule has 1 atom stereocenters. The normalized spacial score (nSPS) is 20.3. The highest BCUT2D eigenvalue weighted by Gasteiger charge is 2.51. The molecule has 4 nitrogen and oxygen atoms in total. The molecule has 1 amide bonds. The number of aliphatic hydroxyl groups is 1. The summed E-state index contributed by atoms with van der Waals surface area (Å²) in [5.74, 6) is -0.311. The highest BCUT2D eigenvalue weighted by Crippen LogP contribution is 2.46. The Morgan fingerprint density at radius 3 is 2.57 bits per heavy atom. The van der Waals surface area contributed by atoms with E-state index in [0.29, 0.717) is 11.1 Å². The van der Waals surface area contributed by atoms with Crippen molar-refractivity contribution in [3.8, 4) is 0 Å². The van der Waals surface area contributed by atoms with Gasteiger partial charge in [-0.05, 0) is 19.1 Å². The van der Waals surface area contributed by atoms with E-state index < -0.39 is 5.60 Å². The maximum Gasteiger partial charge on any atom is 0.268 e. The van der Waals surface area contributed by atoms with Crippen LogP contribution in [0, 0.1) is 6.92 Å². The van der Waals surface area contributed by atoms with Crippen LogP contribution in [0.5, 0.6) is 0 Å². The quantitative estimate of drug-likeness (QED) is 0.751. The summed E-state index contributed by atoms with van der Waals surface area (Å²) in [6.45, 7) is 1.96. The van der Waals surface area contributed by atoms with Crippen molar-refractivity contribution in [1.82, 2.24) is 4.57 Å². The van der Waals surface area contributed by atoms with Gasteiger partial charge in [0.05, 0.1) is 5.69 Å². The van der Waals surface area contributed by atoms with E-state index in [4.69, 9.17) is 0 Å². The topological polar surface area (TPSA) is 45.5 Å². The van der Waals surface area contributed by atoms with Gasteiger partial charge in [0.2, 0.25) is 0 Å². The van der Waals surface area contributed by atoms with Gasteiger partial charge in [-0.15, -0.1) is 0 Å². The van der Waals surface area contributed by atoms with Crippen molar-refractivity contribution in [3.63, 3.8) is 0 Å². The molecular formula is C19H18N2O2. The number of likely N-dealkylation sites (N-methyl/N-ethyl adjacent to an activating group) is 1. The molecule has 2 aromatic carbocycles. The lowest BCUT2D eigenvalue weighted by molar-refractivity contribution is -0.131. The van der Waals surface area contributed by atoms with Gasteiger partial charge in [-0.1, -0.05) is 35.9 Å². The molecule has 0 unspecified atom stereocenters. The average molecular weight is 306 g/mol. The zero-order chi connectivity index (χ0) is 16.4. The molecule has 0 bridgehead atoms. The molecule has 0 saturated carbocycles. The molecule has 4 heteroatoms. The van der Waals surface area contributed by atoms with Crippen molar-refractivity contribution in [2.45, 2.75) is 12.5 Å². The van der Waals surface area contributed by atoms with Gasteiger partial charge < -0.3 is 14.6 Å². The maximum atomic E-state index is 12.9. The monoisotopic (exact) mass is 306 g/mol. The fourth-order valence-corrected chi connectivity index (χ4v) is 3.59. The third kappa shape index (κ3) is 1.67. The highest BCUT2D eigenvalue weighted by molar-refractivity contribution is 6.10. The first kappa shape index (κ1) is 14.0. The van der Waals surface area contributed by atoms with Crippen LogP contribution < -0.4 is 4.90 Å². The summed E-state index contributed by atoms with van der Waals surface area (Å²) in [5, 5.41) is 12.4. The van der Waals surface area contributed by atoms with Crippen molar-refractivity contribution < 1.29 is 9.90 Å². The second kappa shape index (κ2) is 4.46. The lowest BCUT2D eigenvalue weighted by atomic mass is 9.86. The van der Waals surface area contributed by atoms with E-state index in [-0.39, 0.29) is 5.91 Å². The first-order valence-electron chi connectivity index (χ1n) is 7.61.